The molecule has 108 valence electrons. The molecule has 0 amide bonds. The predicted octanol–water partition coefficient (Wildman–Crippen LogP) is 4.60. The maximum absolute atomic E-state index is 9.28. The van der Waals surface area contributed by atoms with Crippen LogP contribution in [-0.2, 0) is 13.2 Å². The number of phenolic OH excluding ortho intramolecular Hbond substituents is 1. The Morgan fingerprint density at radius 1 is 1.14 bits per heavy atom. The standard InChI is InChI=1S/C17H16ClNO2/c1-2-19-10-12(15-4-3-5-16(18)17(15)19)11-21-14-8-6-13(20)7-9-14/h3-10,20H,2,11H2,1H3. The largest absolute Gasteiger partial charge is 0.508 e. The topological polar surface area (TPSA) is 34.4 Å². The zero-order chi connectivity index (χ0) is 14.8. The molecule has 21 heavy (non-hydrogen) atoms. The lowest BCUT2D eigenvalue weighted by Crippen LogP contribution is -1.94. The zero-order valence-corrected chi connectivity index (χ0v) is 12.5. The van der Waals surface area contributed by atoms with Crippen LogP contribution in [0.1, 0.15) is 12.5 Å². The van der Waals surface area contributed by atoms with Gasteiger partial charge in [-0.05, 0) is 37.3 Å². The van der Waals surface area contributed by atoms with E-state index >= 15 is 0 Å². The van der Waals surface area contributed by atoms with E-state index in [2.05, 4.69) is 23.8 Å². The molecule has 0 spiro atoms. The molecule has 0 aliphatic heterocycles. The molecule has 0 aliphatic rings. The van der Waals surface area contributed by atoms with Crippen molar-refractivity contribution in [3.63, 3.8) is 0 Å². The summed E-state index contributed by atoms with van der Waals surface area (Å²) in [7, 11) is 0. The molecule has 2 aromatic carbocycles. The quantitative estimate of drug-likeness (QED) is 0.764. The Bertz CT molecular complexity index is 762. The monoisotopic (exact) mass is 301 g/mol. The van der Waals surface area contributed by atoms with Crippen molar-refractivity contribution in [2.75, 3.05) is 0 Å². The molecule has 0 unspecified atom stereocenters. The van der Waals surface area contributed by atoms with Gasteiger partial charge in [-0.1, -0.05) is 23.7 Å². The van der Waals surface area contributed by atoms with Gasteiger partial charge in [0.2, 0.25) is 0 Å². The van der Waals surface area contributed by atoms with Gasteiger partial charge < -0.3 is 14.4 Å². The van der Waals surface area contributed by atoms with E-state index in [1.165, 1.54) is 0 Å². The zero-order valence-electron chi connectivity index (χ0n) is 11.7. The predicted molar refractivity (Wildman–Crippen MR) is 85.1 cm³/mol. The molecule has 0 saturated carbocycles. The van der Waals surface area contributed by atoms with Gasteiger partial charge in [-0.2, -0.15) is 0 Å². The third-order valence-corrected chi connectivity index (χ3v) is 3.81. The third kappa shape index (κ3) is 2.69. The number of halogens is 1. The minimum Gasteiger partial charge on any atom is -0.508 e. The molecule has 0 radical (unpaired) electrons. The second-order valence-corrected chi connectivity index (χ2v) is 5.27. The van der Waals surface area contributed by atoms with Gasteiger partial charge in [0, 0.05) is 23.7 Å². The van der Waals surface area contributed by atoms with Crippen molar-refractivity contribution in [1.29, 1.82) is 0 Å². The number of phenols is 1. The fourth-order valence-electron chi connectivity index (χ4n) is 2.46. The number of nitrogens with zero attached hydrogens (tertiary/aromatic N) is 1. The van der Waals surface area contributed by atoms with Gasteiger partial charge in [0.25, 0.3) is 0 Å². The third-order valence-electron chi connectivity index (χ3n) is 3.50. The molecule has 4 heteroatoms. The second kappa shape index (κ2) is 5.70. The molecule has 0 bridgehead atoms. The fraction of sp³-hybridized carbons (Fsp3) is 0.176. The first kappa shape index (κ1) is 13.8. The summed E-state index contributed by atoms with van der Waals surface area (Å²) in [6, 6.07) is 12.6. The molecule has 1 aromatic heterocycles. The van der Waals surface area contributed by atoms with Crippen molar-refractivity contribution in [2.24, 2.45) is 0 Å². The Hall–Kier alpha value is -2.13. The van der Waals surface area contributed by atoms with Crippen molar-refractivity contribution in [3.8, 4) is 11.5 Å². The van der Waals surface area contributed by atoms with Crippen LogP contribution in [0.5, 0.6) is 11.5 Å². The molecule has 0 atom stereocenters. The fourth-order valence-corrected chi connectivity index (χ4v) is 2.74. The number of benzene rings is 2. The lowest BCUT2D eigenvalue weighted by Gasteiger charge is -2.05. The summed E-state index contributed by atoms with van der Waals surface area (Å²) >= 11 is 6.30. The normalized spacial score (nSPS) is 11.0. The van der Waals surface area contributed by atoms with Crippen LogP contribution in [0.25, 0.3) is 10.9 Å². The van der Waals surface area contributed by atoms with Crippen LogP contribution in [0.4, 0.5) is 0 Å². The maximum Gasteiger partial charge on any atom is 0.120 e. The van der Waals surface area contributed by atoms with E-state index in [4.69, 9.17) is 16.3 Å². The summed E-state index contributed by atoms with van der Waals surface area (Å²) in [5.74, 6) is 0.962. The first-order chi connectivity index (χ1) is 10.2. The molecular formula is C17H16ClNO2. The van der Waals surface area contributed by atoms with E-state index in [9.17, 15) is 5.11 Å². The Labute approximate surface area is 128 Å². The van der Waals surface area contributed by atoms with Gasteiger partial charge in [0.1, 0.15) is 18.1 Å². The van der Waals surface area contributed by atoms with Crippen LogP contribution in [0.2, 0.25) is 5.02 Å². The number of aromatic hydroxyl groups is 1. The Morgan fingerprint density at radius 3 is 2.62 bits per heavy atom. The summed E-state index contributed by atoms with van der Waals surface area (Å²) in [6.45, 7) is 3.42. The lowest BCUT2D eigenvalue weighted by molar-refractivity contribution is 0.307. The molecule has 3 nitrogen and oxygen atoms in total. The molecule has 0 aliphatic carbocycles. The minimum atomic E-state index is 0.233. The first-order valence-electron chi connectivity index (χ1n) is 6.87. The van der Waals surface area contributed by atoms with E-state index in [1.807, 2.05) is 12.1 Å². The number of fused-ring (bicyclic) bond motifs is 1. The first-order valence-corrected chi connectivity index (χ1v) is 7.25. The van der Waals surface area contributed by atoms with E-state index in [-0.39, 0.29) is 5.75 Å². The van der Waals surface area contributed by atoms with E-state index in [1.54, 1.807) is 24.3 Å². The van der Waals surface area contributed by atoms with Crippen LogP contribution < -0.4 is 4.74 Å². The van der Waals surface area contributed by atoms with E-state index in [0.717, 1.165) is 33.8 Å². The summed E-state index contributed by atoms with van der Waals surface area (Å²) in [4.78, 5) is 0. The highest BCUT2D eigenvalue weighted by Gasteiger charge is 2.11. The number of aromatic nitrogens is 1. The van der Waals surface area contributed by atoms with E-state index < -0.39 is 0 Å². The minimum absolute atomic E-state index is 0.233. The van der Waals surface area contributed by atoms with Gasteiger partial charge >= 0.3 is 0 Å². The molecule has 1 heterocycles. The van der Waals surface area contributed by atoms with Gasteiger partial charge in [0.05, 0.1) is 10.5 Å². The average molecular weight is 302 g/mol. The van der Waals surface area contributed by atoms with Crippen LogP contribution in [0.3, 0.4) is 0 Å². The SMILES string of the molecule is CCn1cc(COc2ccc(O)cc2)c2cccc(Cl)c21. The molecule has 0 saturated heterocycles. The average Bonchev–Trinajstić information content (AvgIpc) is 2.86. The van der Waals surface area contributed by atoms with Gasteiger partial charge in [0.15, 0.2) is 0 Å². The number of aryl methyl sites for hydroxylation is 1. The van der Waals surface area contributed by atoms with Crippen molar-refractivity contribution < 1.29 is 9.84 Å². The van der Waals surface area contributed by atoms with Crippen molar-refractivity contribution in [2.45, 2.75) is 20.1 Å². The number of hydrogen-bond donors (Lipinski definition) is 1. The molecule has 3 aromatic rings. The van der Waals surface area contributed by atoms with Crippen molar-refractivity contribution >= 4 is 22.5 Å². The van der Waals surface area contributed by atoms with Gasteiger partial charge in [-0.15, -0.1) is 0 Å². The summed E-state index contributed by atoms with van der Waals surface area (Å²) in [5, 5.41) is 11.1. The number of para-hydroxylation sites is 1. The highest BCUT2D eigenvalue weighted by atomic mass is 35.5. The van der Waals surface area contributed by atoms with Crippen LogP contribution in [0, 0.1) is 0 Å². The van der Waals surface area contributed by atoms with E-state index in [0.29, 0.717) is 6.61 Å². The molecule has 3 rings (SSSR count). The van der Waals surface area contributed by atoms with Gasteiger partial charge in [-0.3, -0.25) is 0 Å². The number of hydrogen-bond acceptors (Lipinski definition) is 2. The summed E-state index contributed by atoms with van der Waals surface area (Å²) < 4.78 is 7.92. The Morgan fingerprint density at radius 2 is 1.90 bits per heavy atom. The highest BCUT2D eigenvalue weighted by Crippen LogP contribution is 2.29. The Kier molecular flexibility index (Phi) is 3.76. The van der Waals surface area contributed by atoms with Crippen LogP contribution in [-0.4, -0.2) is 9.67 Å². The lowest BCUT2D eigenvalue weighted by atomic mass is 10.2. The number of ether oxygens (including phenoxy) is 1. The number of rotatable bonds is 4. The summed E-state index contributed by atoms with van der Waals surface area (Å²) in [5.41, 5.74) is 2.15. The van der Waals surface area contributed by atoms with Gasteiger partial charge in [-0.25, -0.2) is 0 Å². The molecular weight excluding hydrogens is 286 g/mol. The summed E-state index contributed by atoms with van der Waals surface area (Å²) in [6.07, 6.45) is 2.08. The molecule has 0 fully saturated rings. The van der Waals surface area contributed by atoms with Crippen molar-refractivity contribution in [3.05, 3.63) is 59.2 Å². The van der Waals surface area contributed by atoms with Crippen molar-refractivity contribution in [1.82, 2.24) is 4.57 Å². The highest BCUT2D eigenvalue weighted by molar-refractivity contribution is 6.35. The van der Waals surface area contributed by atoms with Crippen LogP contribution >= 0.6 is 11.6 Å². The molecule has 1 N–H and O–H groups in total. The maximum atomic E-state index is 9.28. The van der Waals surface area contributed by atoms with Crippen LogP contribution in [0.15, 0.2) is 48.7 Å². The Balaban J connectivity index is 1.90. The second-order valence-electron chi connectivity index (χ2n) is 4.86. The smallest absolute Gasteiger partial charge is 0.120 e.